The first-order valence-corrected chi connectivity index (χ1v) is 16.8. The lowest BCUT2D eigenvalue weighted by Gasteiger charge is -2.47. The minimum atomic E-state index is -0.892. The maximum Gasteiger partial charge on any atom is 0.239 e. The van der Waals surface area contributed by atoms with Gasteiger partial charge in [-0.2, -0.15) is 0 Å². The van der Waals surface area contributed by atoms with Gasteiger partial charge in [0, 0.05) is 18.6 Å². The number of likely N-dealkylation sites (N-methyl/N-ethyl adjacent to an activating group) is 1. The van der Waals surface area contributed by atoms with Crippen molar-refractivity contribution in [1.29, 1.82) is 0 Å². The molecule has 3 amide bonds. The lowest BCUT2D eigenvalue weighted by Crippen LogP contribution is -2.60. The van der Waals surface area contributed by atoms with Crippen LogP contribution in [0.3, 0.4) is 0 Å². The second-order valence-corrected chi connectivity index (χ2v) is 14.0. The molecule has 262 valence electrons. The van der Waals surface area contributed by atoms with Crippen LogP contribution in [0.25, 0.3) is 0 Å². The SMILES string of the molecule is CC(C)ONO.CCN(C)CC(=O)NCC(=O)NC(Cc1ccccc1)C(O)CN1CC2CCCCC2CC1C(=O)NC(C)(C)C. The van der Waals surface area contributed by atoms with Crippen LogP contribution in [-0.2, 0) is 25.6 Å². The van der Waals surface area contributed by atoms with Gasteiger partial charge in [0.15, 0.2) is 0 Å². The summed E-state index contributed by atoms with van der Waals surface area (Å²) in [6.45, 7) is 13.4. The zero-order valence-electron chi connectivity index (χ0n) is 29.1. The van der Waals surface area contributed by atoms with Crippen molar-refractivity contribution in [1.82, 2.24) is 31.4 Å². The van der Waals surface area contributed by atoms with Crippen LogP contribution in [0, 0.1) is 11.8 Å². The first-order chi connectivity index (χ1) is 21.7. The molecule has 0 bridgehead atoms. The van der Waals surface area contributed by atoms with Crippen molar-refractivity contribution in [3.63, 3.8) is 0 Å². The highest BCUT2D eigenvalue weighted by Crippen LogP contribution is 2.39. The van der Waals surface area contributed by atoms with Crippen LogP contribution in [0.4, 0.5) is 0 Å². The number of amides is 3. The van der Waals surface area contributed by atoms with E-state index in [-0.39, 0.29) is 55.0 Å². The topological polar surface area (TPSA) is 156 Å². The number of carbonyl (C=O) groups is 3. The number of likely N-dealkylation sites (tertiary alicyclic amines) is 1. The molecule has 46 heavy (non-hydrogen) atoms. The number of benzene rings is 1. The third-order valence-electron chi connectivity index (χ3n) is 8.52. The summed E-state index contributed by atoms with van der Waals surface area (Å²) in [6.07, 6.45) is 5.13. The molecular weight excluding hydrogens is 588 g/mol. The predicted molar refractivity (Wildman–Crippen MR) is 179 cm³/mol. The molecule has 0 spiro atoms. The Balaban J connectivity index is 0.00000112. The smallest absolute Gasteiger partial charge is 0.239 e. The molecule has 12 heteroatoms. The highest BCUT2D eigenvalue weighted by molar-refractivity contribution is 5.85. The predicted octanol–water partition coefficient (Wildman–Crippen LogP) is 2.24. The average Bonchev–Trinajstić information content (AvgIpc) is 2.99. The van der Waals surface area contributed by atoms with Gasteiger partial charge < -0.3 is 21.1 Å². The van der Waals surface area contributed by atoms with E-state index in [0.717, 1.165) is 37.9 Å². The molecule has 0 aromatic heterocycles. The van der Waals surface area contributed by atoms with Crippen LogP contribution in [0.1, 0.15) is 79.2 Å². The number of piperidine rings is 1. The Morgan fingerprint density at radius 1 is 1.07 bits per heavy atom. The molecule has 5 unspecified atom stereocenters. The normalized spacial score (nSPS) is 21.4. The number of fused-ring (bicyclic) bond motifs is 1. The lowest BCUT2D eigenvalue weighted by molar-refractivity contribution is -0.152. The van der Waals surface area contributed by atoms with Gasteiger partial charge in [-0.25, -0.2) is 0 Å². The van der Waals surface area contributed by atoms with E-state index in [0.29, 0.717) is 18.3 Å². The van der Waals surface area contributed by atoms with Gasteiger partial charge in [-0.05, 0) is 84.9 Å². The van der Waals surface area contributed by atoms with Crippen molar-refractivity contribution in [3.8, 4) is 0 Å². The summed E-state index contributed by atoms with van der Waals surface area (Å²) in [4.78, 5) is 46.8. The van der Waals surface area contributed by atoms with Gasteiger partial charge in [0.2, 0.25) is 17.7 Å². The Labute approximate surface area is 275 Å². The number of hydrogen-bond acceptors (Lipinski definition) is 9. The molecule has 3 rings (SSSR count). The summed E-state index contributed by atoms with van der Waals surface area (Å²) >= 11 is 0. The van der Waals surface area contributed by atoms with E-state index in [4.69, 9.17) is 5.21 Å². The van der Waals surface area contributed by atoms with E-state index in [1.807, 2.05) is 83.8 Å². The van der Waals surface area contributed by atoms with Crippen molar-refractivity contribution in [2.24, 2.45) is 11.8 Å². The fraction of sp³-hybridized carbons (Fsp3) is 0.735. The molecule has 1 aromatic rings. The summed E-state index contributed by atoms with van der Waals surface area (Å²) in [7, 11) is 1.84. The number of nitrogens with one attached hydrogen (secondary N) is 4. The molecule has 1 saturated carbocycles. The molecule has 2 fully saturated rings. The molecular formula is C34H60N6O6. The minimum absolute atomic E-state index is 0.00660. The van der Waals surface area contributed by atoms with Crippen LogP contribution in [0.2, 0.25) is 0 Å². The summed E-state index contributed by atoms with van der Waals surface area (Å²) in [5, 5.41) is 28.1. The van der Waals surface area contributed by atoms with Gasteiger partial charge in [-0.15, -0.1) is 0 Å². The van der Waals surface area contributed by atoms with E-state index >= 15 is 0 Å². The van der Waals surface area contributed by atoms with Gasteiger partial charge in [0.1, 0.15) is 0 Å². The van der Waals surface area contributed by atoms with Crippen LogP contribution in [0.5, 0.6) is 0 Å². The van der Waals surface area contributed by atoms with Crippen molar-refractivity contribution in [3.05, 3.63) is 35.9 Å². The third-order valence-corrected chi connectivity index (χ3v) is 8.52. The maximum absolute atomic E-state index is 13.4. The van der Waals surface area contributed by atoms with E-state index in [2.05, 4.69) is 25.7 Å². The standard InChI is InChI=1S/C31H51N5O4.C3H9NO2/c1-6-35(5)21-29(39)32-18-28(38)33-25(16-22-12-8-7-9-13-22)27(37)20-36-19-24-15-11-10-14-23(24)17-26(36)30(40)34-31(2,3)4;1-3(2)6-4-5/h7-9,12-13,23-27,37H,6,10-11,14-21H2,1-5H3,(H,32,39)(H,33,38)(H,34,40);3-5H,1-2H3. The number of rotatable bonds is 14. The van der Waals surface area contributed by atoms with Crippen molar-refractivity contribution >= 4 is 17.7 Å². The van der Waals surface area contributed by atoms with Gasteiger partial charge in [-0.1, -0.05) is 62.2 Å². The molecule has 1 aromatic carbocycles. The number of hydrogen-bond donors (Lipinski definition) is 6. The summed E-state index contributed by atoms with van der Waals surface area (Å²) in [5.41, 5.74) is 2.22. The van der Waals surface area contributed by atoms with E-state index in [1.165, 1.54) is 12.8 Å². The van der Waals surface area contributed by atoms with Crippen molar-refractivity contribution in [2.75, 3.05) is 39.8 Å². The van der Waals surface area contributed by atoms with Gasteiger partial charge in [0.05, 0.1) is 37.4 Å². The number of aliphatic hydroxyl groups is 1. The largest absolute Gasteiger partial charge is 0.390 e. The van der Waals surface area contributed by atoms with Gasteiger partial charge >= 0.3 is 0 Å². The molecule has 5 atom stereocenters. The third kappa shape index (κ3) is 14.9. The monoisotopic (exact) mass is 648 g/mol. The zero-order valence-corrected chi connectivity index (χ0v) is 29.1. The van der Waals surface area contributed by atoms with Gasteiger partial charge in [0.25, 0.3) is 0 Å². The first kappa shape index (κ1) is 39.6. The fourth-order valence-electron chi connectivity index (χ4n) is 6.10. The summed E-state index contributed by atoms with van der Waals surface area (Å²) in [5.74, 6) is 0.502. The van der Waals surface area contributed by atoms with Crippen LogP contribution in [0.15, 0.2) is 30.3 Å². The van der Waals surface area contributed by atoms with E-state index in [9.17, 15) is 19.5 Å². The highest BCUT2D eigenvalue weighted by Gasteiger charge is 2.41. The Kier molecular flexibility index (Phi) is 17.1. The Morgan fingerprint density at radius 3 is 2.28 bits per heavy atom. The second kappa shape index (κ2) is 19.9. The molecule has 1 aliphatic carbocycles. The summed E-state index contributed by atoms with van der Waals surface area (Å²) in [6, 6.07) is 8.88. The first-order valence-electron chi connectivity index (χ1n) is 16.8. The second-order valence-electron chi connectivity index (χ2n) is 14.0. The molecule has 1 saturated heterocycles. The highest BCUT2D eigenvalue weighted by atomic mass is 16.8. The average molecular weight is 649 g/mol. The van der Waals surface area contributed by atoms with Gasteiger partial charge in [-0.3, -0.25) is 34.2 Å². The minimum Gasteiger partial charge on any atom is -0.390 e. The molecule has 1 aliphatic heterocycles. The Morgan fingerprint density at radius 2 is 1.72 bits per heavy atom. The quantitative estimate of drug-likeness (QED) is 0.167. The van der Waals surface area contributed by atoms with Crippen LogP contribution in [-0.4, -0.2) is 107 Å². The maximum atomic E-state index is 13.4. The van der Waals surface area contributed by atoms with Crippen LogP contribution >= 0.6 is 0 Å². The van der Waals surface area contributed by atoms with E-state index < -0.39 is 12.1 Å². The fourth-order valence-corrected chi connectivity index (χ4v) is 6.10. The van der Waals surface area contributed by atoms with Crippen LogP contribution < -0.4 is 21.6 Å². The number of β-amino-alcohol motifs (C(OH)–C–C–N with tert-alkyl or cyclic N) is 1. The molecule has 0 radical (unpaired) electrons. The summed E-state index contributed by atoms with van der Waals surface area (Å²) < 4.78 is 0. The van der Waals surface area contributed by atoms with Crippen molar-refractivity contribution in [2.45, 2.75) is 110 Å². The number of nitrogens with zero attached hydrogens (tertiary/aromatic N) is 2. The van der Waals surface area contributed by atoms with Crippen molar-refractivity contribution < 1.29 is 29.5 Å². The number of carbonyl (C=O) groups excluding carboxylic acids is 3. The Bertz CT molecular complexity index is 1050. The molecule has 1 heterocycles. The number of aliphatic hydroxyl groups excluding tert-OH is 1. The lowest BCUT2D eigenvalue weighted by atomic mass is 9.72. The zero-order chi connectivity index (χ0) is 34.3. The molecule has 2 aliphatic rings. The Hall–Kier alpha value is -2.61. The van der Waals surface area contributed by atoms with E-state index in [1.54, 1.807) is 5.64 Å². The molecule has 12 nitrogen and oxygen atoms in total. The molecule has 6 N–H and O–H groups in total.